The molecule has 0 radical (unpaired) electrons. The third kappa shape index (κ3) is 3.77. The van der Waals surface area contributed by atoms with Gasteiger partial charge in [0.05, 0.1) is 49.9 Å². The van der Waals surface area contributed by atoms with Gasteiger partial charge in [-0.1, -0.05) is 0 Å². The van der Waals surface area contributed by atoms with Crippen LogP contribution in [0.2, 0.25) is 0 Å². The topological polar surface area (TPSA) is 95.6 Å². The molecule has 5 aliphatic heterocycles. The Morgan fingerprint density at radius 2 is 2.17 bits per heavy atom. The van der Waals surface area contributed by atoms with Gasteiger partial charge in [0.2, 0.25) is 0 Å². The number of carbonyl (C=O) groups is 1. The molecule has 3 aromatic rings. The number of amides is 2. The van der Waals surface area contributed by atoms with Crippen molar-refractivity contribution in [3.63, 3.8) is 0 Å². The van der Waals surface area contributed by atoms with E-state index in [1.165, 1.54) is 16.7 Å². The molecule has 0 spiro atoms. The van der Waals surface area contributed by atoms with E-state index >= 15 is 0 Å². The van der Waals surface area contributed by atoms with E-state index < -0.39 is 0 Å². The number of H-pyrrole nitrogens is 1. The van der Waals surface area contributed by atoms with E-state index in [0.29, 0.717) is 19.8 Å². The summed E-state index contributed by atoms with van der Waals surface area (Å²) in [5.41, 5.74) is 8.47. The third-order valence-corrected chi connectivity index (χ3v) is 8.24. The Morgan fingerprint density at radius 1 is 1.22 bits per heavy atom. The number of aryl methyl sites for hydroxylation is 1. The van der Waals surface area contributed by atoms with Crippen molar-refractivity contribution in [3.8, 4) is 11.3 Å². The lowest BCUT2D eigenvalue weighted by Crippen LogP contribution is -2.60. The van der Waals surface area contributed by atoms with Gasteiger partial charge in [0.15, 0.2) is 5.65 Å². The first-order valence-electron chi connectivity index (χ1n) is 13.1. The minimum atomic E-state index is 0.0904. The van der Waals surface area contributed by atoms with Crippen LogP contribution in [-0.2, 0) is 22.4 Å². The van der Waals surface area contributed by atoms with Crippen molar-refractivity contribution in [1.29, 1.82) is 0 Å². The number of aromatic nitrogens is 3. The lowest BCUT2D eigenvalue weighted by Gasteiger charge is -2.47. The SMILES string of the molecule is Cc1c[nH]c2ncc(-c3cc4c(c([C@@H]5COCCN5)c3)CN(C(=O)N3C[C@H]5CC[C@@H]3CO5)CC4)nc12. The number of hydrogen-bond donors (Lipinski definition) is 2. The van der Waals surface area contributed by atoms with Gasteiger partial charge >= 0.3 is 6.03 Å². The second kappa shape index (κ2) is 8.83. The standard InChI is InChI=1S/C27H32N6O3/c1-16-10-29-26-25(16)31-23(11-30-26)18-8-17-4-6-32(27(34)33-12-20-3-2-19(33)14-36-20)13-22(17)21(9-18)24-15-35-7-5-28-24/h8-11,19-20,24,28H,2-7,12-15H2,1H3,(H,29,30)/t19-,20-,24+/m1/s1. The van der Waals surface area contributed by atoms with Crippen molar-refractivity contribution in [2.45, 2.75) is 50.9 Å². The van der Waals surface area contributed by atoms with Crippen molar-refractivity contribution < 1.29 is 14.3 Å². The summed E-state index contributed by atoms with van der Waals surface area (Å²) >= 11 is 0. The Morgan fingerprint density at radius 3 is 2.94 bits per heavy atom. The van der Waals surface area contributed by atoms with Crippen molar-refractivity contribution in [2.24, 2.45) is 0 Å². The molecule has 36 heavy (non-hydrogen) atoms. The number of piperidine rings is 1. The number of ether oxygens (including phenoxy) is 2. The van der Waals surface area contributed by atoms with Crippen LogP contribution < -0.4 is 5.32 Å². The van der Waals surface area contributed by atoms with Crippen LogP contribution in [0.25, 0.3) is 22.4 Å². The lowest BCUT2D eigenvalue weighted by molar-refractivity contribution is -0.0923. The van der Waals surface area contributed by atoms with Crippen LogP contribution in [0.1, 0.15) is 41.1 Å². The van der Waals surface area contributed by atoms with Gasteiger partial charge in [0, 0.05) is 37.9 Å². The van der Waals surface area contributed by atoms with Crippen LogP contribution in [0, 0.1) is 6.92 Å². The fourth-order valence-electron chi connectivity index (χ4n) is 6.20. The lowest BCUT2D eigenvalue weighted by atomic mass is 9.88. The van der Waals surface area contributed by atoms with Gasteiger partial charge in [-0.15, -0.1) is 0 Å². The summed E-state index contributed by atoms with van der Waals surface area (Å²) in [6.07, 6.45) is 6.93. The van der Waals surface area contributed by atoms with Gasteiger partial charge in [-0.05, 0) is 60.6 Å². The fourth-order valence-corrected chi connectivity index (χ4v) is 6.20. The van der Waals surface area contributed by atoms with Crippen LogP contribution in [0.3, 0.4) is 0 Å². The van der Waals surface area contributed by atoms with E-state index in [1.807, 2.05) is 24.2 Å². The first-order valence-corrected chi connectivity index (χ1v) is 13.1. The summed E-state index contributed by atoms with van der Waals surface area (Å²) in [5, 5.41) is 3.63. The van der Waals surface area contributed by atoms with Crippen LogP contribution in [0.4, 0.5) is 4.79 Å². The highest BCUT2D eigenvalue weighted by Crippen LogP contribution is 2.35. The van der Waals surface area contributed by atoms with Crippen LogP contribution in [-0.4, -0.2) is 82.4 Å². The number of urea groups is 1. The summed E-state index contributed by atoms with van der Waals surface area (Å²) in [7, 11) is 0. The summed E-state index contributed by atoms with van der Waals surface area (Å²) in [4.78, 5) is 30.4. The zero-order valence-electron chi connectivity index (χ0n) is 20.6. The summed E-state index contributed by atoms with van der Waals surface area (Å²) in [6.45, 7) is 6.94. The van der Waals surface area contributed by atoms with Gasteiger partial charge < -0.3 is 29.6 Å². The smallest absolute Gasteiger partial charge is 0.320 e. The molecule has 188 valence electrons. The number of benzene rings is 1. The predicted octanol–water partition coefficient (Wildman–Crippen LogP) is 2.94. The number of nitrogens with zero attached hydrogens (tertiary/aromatic N) is 4. The van der Waals surface area contributed by atoms with Gasteiger partial charge in [0.1, 0.15) is 5.52 Å². The second-order valence-corrected chi connectivity index (χ2v) is 10.5. The molecule has 7 heterocycles. The molecule has 4 saturated heterocycles. The Labute approximate surface area is 210 Å². The van der Waals surface area contributed by atoms with E-state index in [1.54, 1.807) is 0 Å². The maximum atomic E-state index is 13.6. The van der Waals surface area contributed by atoms with Gasteiger partial charge in [0.25, 0.3) is 0 Å². The fraction of sp³-hybridized carbons (Fsp3) is 0.519. The second-order valence-electron chi connectivity index (χ2n) is 10.5. The van der Waals surface area contributed by atoms with E-state index in [2.05, 4.69) is 32.3 Å². The van der Waals surface area contributed by atoms with Gasteiger partial charge in [-0.25, -0.2) is 14.8 Å². The zero-order chi connectivity index (χ0) is 24.2. The summed E-state index contributed by atoms with van der Waals surface area (Å²) in [6, 6.07) is 4.94. The molecule has 0 aliphatic carbocycles. The molecule has 0 unspecified atom stereocenters. The Balaban J connectivity index is 1.24. The number of carbonyl (C=O) groups excluding carboxylic acids is 1. The van der Waals surface area contributed by atoms with Crippen LogP contribution in [0.15, 0.2) is 24.5 Å². The highest BCUT2D eigenvalue weighted by molar-refractivity contribution is 5.78. The minimum Gasteiger partial charge on any atom is -0.378 e. The molecule has 9 heteroatoms. The zero-order valence-corrected chi connectivity index (χ0v) is 20.6. The maximum Gasteiger partial charge on any atom is 0.320 e. The summed E-state index contributed by atoms with van der Waals surface area (Å²) < 4.78 is 11.7. The first kappa shape index (κ1) is 22.2. The van der Waals surface area contributed by atoms with Gasteiger partial charge in [-0.2, -0.15) is 0 Å². The molecule has 2 bridgehead atoms. The molecule has 2 N–H and O–H groups in total. The molecule has 8 rings (SSSR count). The number of fused-ring (bicyclic) bond motifs is 5. The molecule has 0 saturated carbocycles. The van der Waals surface area contributed by atoms with Gasteiger partial charge in [-0.3, -0.25) is 0 Å². The number of aromatic amines is 1. The van der Waals surface area contributed by atoms with E-state index in [4.69, 9.17) is 14.5 Å². The number of morpholine rings is 2. The molecule has 9 nitrogen and oxygen atoms in total. The van der Waals surface area contributed by atoms with Crippen molar-refractivity contribution in [2.75, 3.05) is 39.5 Å². The van der Waals surface area contributed by atoms with Crippen molar-refractivity contribution in [3.05, 3.63) is 46.8 Å². The number of nitrogens with one attached hydrogen (secondary N) is 2. The minimum absolute atomic E-state index is 0.0904. The molecular formula is C27H32N6O3. The molecule has 1 aromatic carbocycles. The molecule has 5 aliphatic rings. The predicted molar refractivity (Wildman–Crippen MR) is 135 cm³/mol. The Kier molecular flexibility index (Phi) is 5.45. The Hall–Kier alpha value is -3.01. The molecule has 3 atom stereocenters. The number of rotatable bonds is 2. The number of hydrogen-bond acceptors (Lipinski definition) is 6. The molecule has 4 fully saturated rings. The highest BCUT2D eigenvalue weighted by atomic mass is 16.5. The van der Waals surface area contributed by atoms with E-state index in [9.17, 15) is 4.79 Å². The van der Waals surface area contributed by atoms with Crippen molar-refractivity contribution in [1.82, 2.24) is 30.1 Å². The summed E-state index contributed by atoms with van der Waals surface area (Å²) in [5.74, 6) is 0. The monoisotopic (exact) mass is 488 g/mol. The molecule has 2 amide bonds. The van der Waals surface area contributed by atoms with E-state index in [0.717, 1.165) is 73.5 Å². The Bertz CT molecular complexity index is 1310. The quantitative estimate of drug-likeness (QED) is 0.576. The molecule has 2 aromatic heterocycles. The normalized spacial score (nSPS) is 25.9. The van der Waals surface area contributed by atoms with Crippen LogP contribution in [0.5, 0.6) is 0 Å². The average molecular weight is 489 g/mol. The molecular weight excluding hydrogens is 456 g/mol. The average Bonchev–Trinajstić information content (AvgIpc) is 3.32. The highest BCUT2D eigenvalue weighted by Gasteiger charge is 2.40. The van der Waals surface area contributed by atoms with E-state index in [-0.39, 0.29) is 24.2 Å². The van der Waals surface area contributed by atoms with Crippen LogP contribution >= 0.6 is 0 Å². The largest absolute Gasteiger partial charge is 0.378 e. The third-order valence-electron chi connectivity index (χ3n) is 8.24. The first-order chi connectivity index (χ1) is 17.6. The van der Waals surface area contributed by atoms with Crippen molar-refractivity contribution >= 4 is 17.2 Å². The maximum absolute atomic E-state index is 13.6.